The van der Waals surface area contributed by atoms with Crippen molar-refractivity contribution in [2.45, 2.75) is 6.54 Å². The number of nitrogen functional groups attached to an aromatic ring is 1. The first-order chi connectivity index (χ1) is 12.6. The van der Waals surface area contributed by atoms with E-state index in [9.17, 15) is 0 Å². The van der Waals surface area contributed by atoms with Gasteiger partial charge in [0.15, 0.2) is 11.5 Å². The summed E-state index contributed by atoms with van der Waals surface area (Å²) in [7, 11) is 4.12. The lowest BCUT2D eigenvalue weighted by molar-refractivity contribution is 0.403. The number of hydrogen-bond donors (Lipinski definition) is 1. The van der Waals surface area contributed by atoms with Crippen molar-refractivity contribution in [3.63, 3.8) is 0 Å². The van der Waals surface area contributed by atoms with Gasteiger partial charge < -0.3 is 10.6 Å². The maximum absolute atomic E-state index is 6.15. The quantitative estimate of drug-likeness (QED) is 0.616. The summed E-state index contributed by atoms with van der Waals surface area (Å²) in [5.41, 5.74) is 11.8. The van der Waals surface area contributed by atoms with Gasteiger partial charge >= 0.3 is 0 Å². The van der Waals surface area contributed by atoms with E-state index in [1.54, 1.807) is 10.7 Å². The van der Waals surface area contributed by atoms with Gasteiger partial charge in [-0.1, -0.05) is 30.3 Å². The van der Waals surface area contributed by atoms with E-state index >= 15 is 0 Å². The number of nitrogens with two attached hydrogens (primary N) is 1. The molecule has 130 valence electrons. The third-order valence-corrected chi connectivity index (χ3v) is 4.24. The summed E-state index contributed by atoms with van der Waals surface area (Å²) in [5, 5.41) is 4.45. The molecule has 26 heavy (non-hydrogen) atoms. The Labute approximate surface area is 151 Å². The van der Waals surface area contributed by atoms with Crippen LogP contribution in [0.4, 0.5) is 5.82 Å². The number of anilines is 1. The zero-order valence-corrected chi connectivity index (χ0v) is 14.8. The van der Waals surface area contributed by atoms with Crippen LogP contribution in [0.15, 0.2) is 61.1 Å². The topological polar surface area (TPSA) is 72.3 Å². The van der Waals surface area contributed by atoms with Crippen molar-refractivity contribution in [2.24, 2.45) is 0 Å². The van der Waals surface area contributed by atoms with E-state index in [-0.39, 0.29) is 0 Å². The molecule has 0 aliphatic heterocycles. The van der Waals surface area contributed by atoms with E-state index in [0.29, 0.717) is 11.5 Å². The SMILES string of the molecule is CN(C)Cc1ccccc1-c1cnc2c(-c3ccccn3)c(N)nn2c1. The Morgan fingerprint density at radius 1 is 1.04 bits per heavy atom. The van der Waals surface area contributed by atoms with Crippen LogP contribution in [-0.4, -0.2) is 38.6 Å². The molecule has 0 amide bonds. The first-order valence-corrected chi connectivity index (χ1v) is 8.42. The van der Waals surface area contributed by atoms with Gasteiger partial charge in [-0.15, -0.1) is 5.10 Å². The maximum atomic E-state index is 6.15. The summed E-state index contributed by atoms with van der Waals surface area (Å²) in [5.74, 6) is 0.426. The van der Waals surface area contributed by atoms with E-state index in [4.69, 9.17) is 5.73 Å². The predicted octanol–water partition coefficient (Wildman–Crippen LogP) is 3.10. The van der Waals surface area contributed by atoms with Crippen LogP contribution in [0.2, 0.25) is 0 Å². The zero-order valence-electron chi connectivity index (χ0n) is 14.8. The van der Waals surface area contributed by atoms with Crippen LogP contribution in [-0.2, 0) is 6.54 Å². The monoisotopic (exact) mass is 344 g/mol. The fourth-order valence-electron chi connectivity index (χ4n) is 3.13. The van der Waals surface area contributed by atoms with Crippen LogP contribution in [0.25, 0.3) is 28.0 Å². The van der Waals surface area contributed by atoms with Gasteiger partial charge in [-0.05, 0) is 37.4 Å². The van der Waals surface area contributed by atoms with E-state index < -0.39 is 0 Å². The van der Waals surface area contributed by atoms with E-state index in [2.05, 4.69) is 52.3 Å². The average molecular weight is 344 g/mol. The average Bonchev–Trinajstić information content (AvgIpc) is 2.97. The van der Waals surface area contributed by atoms with Crippen molar-refractivity contribution >= 4 is 11.5 Å². The number of rotatable bonds is 4. The van der Waals surface area contributed by atoms with Gasteiger partial charge in [-0.2, -0.15) is 0 Å². The Hall–Kier alpha value is -3.25. The first kappa shape index (κ1) is 16.2. The number of nitrogens with zero attached hydrogens (tertiary/aromatic N) is 5. The largest absolute Gasteiger partial charge is 0.382 e. The van der Waals surface area contributed by atoms with Crippen LogP contribution >= 0.6 is 0 Å². The van der Waals surface area contributed by atoms with Gasteiger partial charge in [0.1, 0.15) is 0 Å². The summed E-state index contributed by atoms with van der Waals surface area (Å²) < 4.78 is 1.74. The van der Waals surface area contributed by atoms with Crippen LogP contribution in [0.5, 0.6) is 0 Å². The van der Waals surface area contributed by atoms with E-state index in [1.807, 2.05) is 36.7 Å². The minimum atomic E-state index is 0.426. The Kier molecular flexibility index (Phi) is 4.10. The lowest BCUT2D eigenvalue weighted by Gasteiger charge is -2.14. The molecule has 0 saturated heterocycles. The summed E-state index contributed by atoms with van der Waals surface area (Å²) >= 11 is 0. The second-order valence-electron chi connectivity index (χ2n) is 6.48. The van der Waals surface area contributed by atoms with Crippen molar-refractivity contribution in [3.8, 4) is 22.4 Å². The molecule has 0 aliphatic rings. The lowest BCUT2D eigenvalue weighted by atomic mass is 10.0. The van der Waals surface area contributed by atoms with Crippen molar-refractivity contribution < 1.29 is 0 Å². The maximum Gasteiger partial charge on any atom is 0.166 e. The summed E-state index contributed by atoms with van der Waals surface area (Å²) in [6.07, 6.45) is 5.58. The summed E-state index contributed by atoms with van der Waals surface area (Å²) in [6.45, 7) is 0.856. The highest BCUT2D eigenvalue weighted by Crippen LogP contribution is 2.30. The highest BCUT2D eigenvalue weighted by Gasteiger charge is 2.16. The molecule has 0 fully saturated rings. The standard InChI is InChI=1S/C20H20N6/c1-25(2)12-14-7-3-4-8-16(14)15-11-23-20-18(17-9-5-6-10-22-17)19(21)24-26(20)13-15/h3-11,13H,12H2,1-2H3,(H2,21,24). The lowest BCUT2D eigenvalue weighted by Crippen LogP contribution is -2.11. The fourth-order valence-corrected chi connectivity index (χ4v) is 3.13. The minimum absolute atomic E-state index is 0.426. The fraction of sp³-hybridized carbons (Fsp3) is 0.150. The van der Waals surface area contributed by atoms with Crippen molar-refractivity contribution in [1.82, 2.24) is 24.5 Å². The Balaban J connectivity index is 1.84. The van der Waals surface area contributed by atoms with Crippen molar-refractivity contribution in [2.75, 3.05) is 19.8 Å². The minimum Gasteiger partial charge on any atom is -0.382 e. The molecule has 3 aromatic heterocycles. The molecule has 0 saturated carbocycles. The van der Waals surface area contributed by atoms with Crippen LogP contribution in [0.3, 0.4) is 0 Å². The summed E-state index contributed by atoms with van der Waals surface area (Å²) in [4.78, 5) is 11.2. The van der Waals surface area contributed by atoms with E-state index in [1.165, 1.54) is 5.56 Å². The van der Waals surface area contributed by atoms with Gasteiger partial charge in [0, 0.05) is 30.7 Å². The Bertz CT molecular complexity index is 1050. The van der Waals surface area contributed by atoms with Gasteiger partial charge in [-0.25, -0.2) is 9.50 Å². The third kappa shape index (κ3) is 2.91. The highest BCUT2D eigenvalue weighted by molar-refractivity contribution is 5.84. The van der Waals surface area contributed by atoms with Crippen LogP contribution in [0.1, 0.15) is 5.56 Å². The molecule has 6 heteroatoms. The van der Waals surface area contributed by atoms with Crippen molar-refractivity contribution in [1.29, 1.82) is 0 Å². The number of aromatic nitrogens is 4. The predicted molar refractivity (Wildman–Crippen MR) is 103 cm³/mol. The highest BCUT2D eigenvalue weighted by atomic mass is 15.3. The number of pyridine rings is 1. The third-order valence-electron chi connectivity index (χ3n) is 4.24. The normalized spacial score (nSPS) is 11.3. The molecule has 3 heterocycles. The summed E-state index contributed by atoms with van der Waals surface area (Å²) in [6, 6.07) is 14.0. The van der Waals surface area contributed by atoms with Gasteiger partial charge in [0.2, 0.25) is 0 Å². The van der Waals surface area contributed by atoms with Gasteiger partial charge in [-0.3, -0.25) is 4.98 Å². The first-order valence-electron chi connectivity index (χ1n) is 8.42. The van der Waals surface area contributed by atoms with Gasteiger partial charge in [0.05, 0.1) is 11.3 Å². The molecular weight excluding hydrogens is 324 g/mol. The molecule has 0 radical (unpaired) electrons. The molecule has 0 atom stereocenters. The Morgan fingerprint density at radius 3 is 2.62 bits per heavy atom. The van der Waals surface area contributed by atoms with Crippen molar-refractivity contribution in [3.05, 3.63) is 66.6 Å². The Morgan fingerprint density at radius 2 is 1.85 bits per heavy atom. The molecule has 4 rings (SSSR count). The zero-order chi connectivity index (χ0) is 18.1. The molecule has 2 N–H and O–H groups in total. The number of benzene rings is 1. The molecule has 0 unspecified atom stereocenters. The van der Waals surface area contributed by atoms with Crippen LogP contribution in [0, 0.1) is 0 Å². The number of hydrogen-bond acceptors (Lipinski definition) is 5. The molecule has 0 bridgehead atoms. The number of fused-ring (bicyclic) bond motifs is 1. The van der Waals surface area contributed by atoms with E-state index in [0.717, 1.165) is 28.9 Å². The molecule has 1 aromatic carbocycles. The molecule has 4 aromatic rings. The molecule has 6 nitrogen and oxygen atoms in total. The molecule has 0 aliphatic carbocycles. The second-order valence-corrected chi connectivity index (χ2v) is 6.48. The van der Waals surface area contributed by atoms with Crippen LogP contribution < -0.4 is 5.73 Å². The molecule has 0 spiro atoms. The van der Waals surface area contributed by atoms with Gasteiger partial charge in [0.25, 0.3) is 0 Å². The molecular formula is C20H20N6. The second kappa shape index (κ2) is 6.57. The smallest absolute Gasteiger partial charge is 0.166 e.